The highest BCUT2D eigenvalue weighted by atomic mass is 32.1. The van der Waals surface area contributed by atoms with Crippen LogP contribution in [0.15, 0.2) is 23.6 Å². The van der Waals surface area contributed by atoms with Gasteiger partial charge in [-0.2, -0.15) is 0 Å². The summed E-state index contributed by atoms with van der Waals surface area (Å²) in [5.41, 5.74) is 2.26. The summed E-state index contributed by atoms with van der Waals surface area (Å²) in [6, 6.07) is 4.96. The van der Waals surface area contributed by atoms with Gasteiger partial charge in [-0.05, 0) is 36.4 Å². The molecule has 0 aliphatic rings. The number of methoxy groups -OCH3 is 1. The van der Waals surface area contributed by atoms with Gasteiger partial charge in [0.25, 0.3) is 5.91 Å². The average molecular weight is 364 g/mol. The van der Waals surface area contributed by atoms with E-state index in [1.54, 1.807) is 18.3 Å². The molecule has 0 fully saturated rings. The van der Waals surface area contributed by atoms with Crippen molar-refractivity contribution in [2.45, 2.75) is 20.4 Å². The molecule has 134 valence electrons. The van der Waals surface area contributed by atoms with Crippen LogP contribution in [-0.4, -0.2) is 31.5 Å². The molecule has 1 atom stereocenters. The summed E-state index contributed by atoms with van der Waals surface area (Å²) in [6.07, 6.45) is 0. The maximum absolute atomic E-state index is 12.3. The van der Waals surface area contributed by atoms with Crippen LogP contribution in [0.2, 0.25) is 0 Å². The number of nitro benzene ring substituents is 1. The Morgan fingerprint density at radius 3 is 2.64 bits per heavy atom. The zero-order chi connectivity index (χ0) is 18.6. The van der Waals surface area contributed by atoms with Crippen LogP contribution >= 0.6 is 11.3 Å². The number of benzene rings is 1. The largest absolute Gasteiger partial charge is 0.490 e. The van der Waals surface area contributed by atoms with E-state index < -0.39 is 4.92 Å². The van der Waals surface area contributed by atoms with Crippen LogP contribution in [-0.2, 0) is 11.3 Å². The highest BCUT2D eigenvalue weighted by Gasteiger charge is 2.19. The van der Waals surface area contributed by atoms with Gasteiger partial charge in [-0.15, -0.1) is 11.3 Å². The van der Waals surface area contributed by atoms with Crippen molar-refractivity contribution in [1.29, 1.82) is 0 Å². The lowest BCUT2D eigenvalue weighted by atomic mass is 10.1. The maximum atomic E-state index is 12.3. The number of aryl methyl sites for hydroxylation is 2. The number of carbonyl (C=O) groups excluding carboxylic acids is 1. The average Bonchev–Trinajstić information content (AvgIpc) is 2.93. The van der Waals surface area contributed by atoms with E-state index in [1.165, 1.54) is 29.7 Å². The maximum Gasteiger partial charge on any atom is 0.311 e. The van der Waals surface area contributed by atoms with Gasteiger partial charge in [0, 0.05) is 17.8 Å². The van der Waals surface area contributed by atoms with E-state index in [2.05, 4.69) is 18.3 Å². The monoisotopic (exact) mass is 364 g/mol. The molecule has 1 aromatic carbocycles. The minimum atomic E-state index is -0.501. The van der Waals surface area contributed by atoms with Crippen molar-refractivity contribution in [3.63, 3.8) is 0 Å². The minimum Gasteiger partial charge on any atom is -0.490 e. The Morgan fingerprint density at radius 1 is 1.36 bits per heavy atom. The van der Waals surface area contributed by atoms with Gasteiger partial charge < -0.3 is 15.0 Å². The molecule has 25 heavy (non-hydrogen) atoms. The van der Waals surface area contributed by atoms with Crippen molar-refractivity contribution in [3.05, 3.63) is 49.7 Å². The predicted octanol–water partition coefficient (Wildman–Crippen LogP) is 1.94. The standard InChI is InChI=1S/C17H21N3O4S/c1-11-5-6-25-16(11)9-19(3)10-17(21)18-13-8-15(24-4)14(20(22)23)7-12(13)2/h5-8H,9-10H2,1-4H3,(H,18,21)/p+1. The van der Waals surface area contributed by atoms with Crippen molar-refractivity contribution in [2.75, 3.05) is 26.0 Å². The van der Waals surface area contributed by atoms with Gasteiger partial charge >= 0.3 is 5.69 Å². The Bertz CT molecular complexity index is 788. The fourth-order valence-corrected chi connectivity index (χ4v) is 3.52. The fourth-order valence-electron chi connectivity index (χ4n) is 2.50. The number of hydrogen-bond acceptors (Lipinski definition) is 5. The Balaban J connectivity index is 2.05. The zero-order valence-electron chi connectivity index (χ0n) is 14.7. The Morgan fingerprint density at radius 2 is 2.08 bits per heavy atom. The lowest BCUT2D eigenvalue weighted by Crippen LogP contribution is -3.08. The Labute approximate surface area is 150 Å². The quantitative estimate of drug-likeness (QED) is 0.581. The smallest absolute Gasteiger partial charge is 0.311 e. The molecule has 8 heteroatoms. The molecule has 2 aromatic rings. The first-order valence-corrected chi connectivity index (χ1v) is 8.67. The van der Waals surface area contributed by atoms with Gasteiger partial charge in [0.2, 0.25) is 0 Å². The molecule has 0 saturated heterocycles. The number of rotatable bonds is 7. The van der Waals surface area contributed by atoms with E-state index in [9.17, 15) is 14.9 Å². The van der Waals surface area contributed by atoms with E-state index in [-0.39, 0.29) is 17.3 Å². The molecular formula is C17H22N3O4S+. The number of thiophene rings is 1. The molecule has 2 N–H and O–H groups in total. The molecule has 0 aliphatic heterocycles. The van der Waals surface area contributed by atoms with Gasteiger partial charge in [-0.25, -0.2) is 0 Å². The summed E-state index contributed by atoms with van der Waals surface area (Å²) in [4.78, 5) is 25.2. The molecule has 1 heterocycles. The molecule has 0 bridgehead atoms. The molecule has 0 saturated carbocycles. The van der Waals surface area contributed by atoms with E-state index in [0.717, 1.165) is 11.4 Å². The number of nitrogens with zero attached hydrogens (tertiary/aromatic N) is 1. The number of hydrogen-bond donors (Lipinski definition) is 2. The predicted molar refractivity (Wildman–Crippen MR) is 97.5 cm³/mol. The van der Waals surface area contributed by atoms with Crippen LogP contribution in [0.1, 0.15) is 16.0 Å². The topological polar surface area (TPSA) is 85.9 Å². The van der Waals surface area contributed by atoms with E-state index in [0.29, 0.717) is 17.8 Å². The lowest BCUT2D eigenvalue weighted by molar-refractivity contribution is -0.884. The van der Waals surface area contributed by atoms with Gasteiger partial charge in [0.15, 0.2) is 12.3 Å². The van der Waals surface area contributed by atoms with Crippen molar-refractivity contribution < 1.29 is 19.4 Å². The lowest BCUT2D eigenvalue weighted by Gasteiger charge is -2.15. The third-order valence-electron chi connectivity index (χ3n) is 3.89. The van der Waals surface area contributed by atoms with Crippen molar-refractivity contribution >= 4 is 28.6 Å². The van der Waals surface area contributed by atoms with E-state index in [1.807, 2.05) is 12.4 Å². The van der Waals surface area contributed by atoms with Crippen LogP contribution in [0.5, 0.6) is 5.75 Å². The van der Waals surface area contributed by atoms with Crippen molar-refractivity contribution in [3.8, 4) is 5.75 Å². The molecule has 0 aliphatic carbocycles. The van der Waals surface area contributed by atoms with Gasteiger partial charge in [0.05, 0.1) is 24.0 Å². The summed E-state index contributed by atoms with van der Waals surface area (Å²) in [7, 11) is 3.33. The normalized spacial score (nSPS) is 11.8. The first kappa shape index (κ1) is 18.9. The molecule has 0 spiro atoms. The summed E-state index contributed by atoms with van der Waals surface area (Å²) >= 11 is 1.69. The summed E-state index contributed by atoms with van der Waals surface area (Å²) in [5.74, 6) is -0.0217. The molecule has 1 amide bonds. The summed E-state index contributed by atoms with van der Waals surface area (Å²) in [6.45, 7) is 4.86. The van der Waals surface area contributed by atoms with Crippen molar-refractivity contribution in [2.24, 2.45) is 0 Å². The van der Waals surface area contributed by atoms with Crippen LogP contribution in [0, 0.1) is 24.0 Å². The number of amides is 1. The second-order valence-electron chi connectivity index (χ2n) is 5.98. The number of nitro groups is 1. The second kappa shape index (κ2) is 8.09. The van der Waals surface area contributed by atoms with Gasteiger partial charge in [-0.3, -0.25) is 14.9 Å². The second-order valence-corrected chi connectivity index (χ2v) is 6.98. The number of anilines is 1. The summed E-state index contributed by atoms with van der Waals surface area (Å²) in [5, 5.41) is 15.9. The number of nitrogens with one attached hydrogen (secondary N) is 2. The molecule has 2 rings (SSSR count). The number of carbonyl (C=O) groups is 1. The van der Waals surface area contributed by atoms with E-state index >= 15 is 0 Å². The third kappa shape index (κ3) is 4.77. The molecule has 7 nitrogen and oxygen atoms in total. The van der Waals surface area contributed by atoms with Crippen LogP contribution < -0.4 is 15.0 Å². The first-order chi connectivity index (χ1) is 11.8. The Hall–Kier alpha value is -2.45. The first-order valence-electron chi connectivity index (χ1n) is 7.79. The fraction of sp³-hybridized carbons (Fsp3) is 0.353. The number of ether oxygens (including phenoxy) is 1. The zero-order valence-corrected chi connectivity index (χ0v) is 15.5. The number of quaternary nitrogens is 1. The minimum absolute atomic E-state index is 0.117. The SMILES string of the molecule is COc1cc(NC(=O)C[NH+](C)Cc2sccc2C)c(C)cc1[N+](=O)[O-]. The molecular weight excluding hydrogens is 342 g/mol. The molecule has 1 aromatic heterocycles. The van der Waals surface area contributed by atoms with E-state index in [4.69, 9.17) is 4.74 Å². The van der Waals surface area contributed by atoms with Crippen LogP contribution in [0.25, 0.3) is 0 Å². The van der Waals surface area contributed by atoms with Crippen LogP contribution in [0.3, 0.4) is 0 Å². The van der Waals surface area contributed by atoms with Gasteiger partial charge in [-0.1, -0.05) is 0 Å². The highest BCUT2D eigenvalue weighted by molar-refractivity contribution is 7.10. The van der Waals surface area contributed by atoms with Gasteiger partial charge in [0.1, 0.15) is 6.54 Å². The van der Waals surface area contributed by atoms with Crippen LogP contribution in [0.4, 0.5) is 11.4 Å². The Kier molecular flexibility index (Phi) is 6.11. The third-order valence-corrected chi connectivity index (χ3v) is 4.91. The number of likely N-dealkylation sites (N-methyl/N-ethyl adjacent to an activating group) is 1. The molecule has 1 unspecified atom stereocenters. The molecule has 0 radical (unpaired) electrons. The highest BCUT2D eigenvalue weighted by Crippen LogP contribution is 2.32. The van der Waals surface area contributed by atoms with Crippen molar-refractivity contribution in [1.82, 2.24) is 0 Å². The summed E-state index contributed by atoms with van der Waals surface area (Å²) < 4.78 is 5.05.